The predicted octanol–water partition coefficient (Wildman–Crippen LogP) is 4.12. The zero-order valence-electron chi connectivity index (χ0n) is 15.2. The van der Waals surface area contributed by atoms with Crippen LogP contribution in [0.4, 0.5) is 13.2 Å². The van der Waals surface area contributed by atoms with Gasteiger partial charge in [-0.1, -0.05) is 33.1 Å². The molecule has 0 radical (unpaired) electrons. The normalized spacial score (nSPS) is 16.5. The molecule has 0 spiro atoms. The molecule has 3 atom stereocenters. The number of halogens is 3. The van der Waals surface area contributed by atoms with Gasteiger partial charge in [-0.2, -0.15) is 13.2 Å². The van der Waals surface area contributed by atoms with Crippen LogP contribution < -0.4 is 4.72 Å². The highest BCUT2D eigenvalue weighted by Gasteiger charge is 2.49. The summed E-state index contributed by atoms with van der Waals surface area (Å²) in [7, 11) is -1.94. The van der Waals surface area contributed by atoms with E-state index in [4.69, 9.17) is 4.74 Å². The molecule has 0 amide bonds. The molecule has 0 rings (SSSR count). The van der Waals surface area contributed by atoms with E-state index in [1.165, 1.54) is 0 Å². The van der Waals surface area contributed by atoms with Gasteiger partial charge >= 0.3 is 12.1 Å². The van der Waals surface area contributed by atoms with E-state index in [0.29, 0.717) is 19.3 Å². The van der Waals surface area contributed by atoms with Crippen LogP contribution in [-0.4, -0.2) is 33.8 Å². The van der Waals surface area contributed by atoms with Crippen molar-refractivity contribution in [2.24, 2.45) is 5.92 Å². The summed E-state index contributed by atoms with van der Waals surface area (Å²) in [5.74, 6) is -2.27. The number of nitrogens with one attached hydrogen (secondary N) is 1. The Hall–Kier alpha value is -0.630. The number of alkyl halides is 3. The van der Waals surface area contributed by atoms with Gasteiger partial charge in [0.15, 0.2) is 0 Å². The lowest BCUT2D eigenvalue weighted by molar-refractivity contribution is -0.179. The Morgan fingerprint density at radius 1 is 1.12 bits per heavy atom. The SMILES string of the molecule is CCCCOC(=O)[C@H](CCCC)[C@@H](N[S@](=O)C(C)(C)C)C(F)(F)F. The maximum absolute atomic E-state index is 13.5. The van der Waals surface area contributed by atoms with E-state index >= 15 is 0 Å². The van der Waals surface area contributed by atoms with Crippen molar-refractivity contribution in [2.75, 3.05) is 6.61 Å². The summed E-state index contributed by atoms with van der Waals surface area (Å²) in [6.07, 6.45) is -2.15. The molecular weight excluding hydrogens is 343 g/mol. The molecule has 0 fully saturated rings. The highest BCUT2D eigenvalue weighted by Crippen LogP contribution is 2.31. The molecule has 8 heteroatoms. The zero-order chi connectivity index (χ0) is 19.0. The average molecular weight is 373 g/mol. The molecule has 0 aliphatic rings. The molecule has 0 aromatic carbocycles. The molecule has 144 valence electrons. The van der Waals surface area contributed by atoms with Crippen LogP contribution >= 0.6 is 0 Å². The summed E-state index contributed by atoms with van der Waals surface area (Å²) < 4.78 is 58.9. The van der Waals surface area contributed by atoms with Gasteiger partial charge in [0.1, 0.15) is 6.04 Å². The van der Waals surface area contributed by atoms with Crippen LogP contribution in [0.25, 0.3) is 0 Å². The second-order valence-corrected chi connectivity index (χ2v) is 8.79. The van der Waals surface area contributed by atoms with Gasteiger partial charge in [-0.15, -0.1) is 0 Å². The monoisotopic (exact) mass is 373 g/mol. The minimum atomic E-state index is -4.69. The summed E-state index contributed by atoms with van der Waals surface area (Å²) in [5.41, 5.74) is 0. The largest absolute Gasteiger partial charge is 0.465 e. The molecule has 0 bridgehead atoms. The van der Waals surface area contributed by atoms with E-state index < -0.39 is 39.8 Å². The van der Waals surface area contributed by atoms with Crippen molar-refractivity contribution in [3.8, 4) is 0 Å². The minimum absolute atomic E-state index is 0.0416. The average Bonchev–Trinajstić information content (AvgIpc) is 2.44. The number of esters is 1. The van der Waals surface area contributed by atoms with Gasteiger partial charge in [0.05, 0.1) is 28.3 Å². The van der Waals surface area contributed by atoms with Crippen molar-refractivity contribution in [3.05, 3.63) is 0 Å². The van der Waals surface area contributed by atoms with E-state index in [-0.39, 0.29) is 13.0 Å². The number of ether oxygens (including phenoxy) is 1. The van der Waals surface area contributed by atoms with Crippen LogP contribution in [0.15, 0.2) is 0 Å². The number of rotatable bonds is 10. The molecule has 0 aliphatic heterocycles. The maximum atomic E-state index is 13.5. The third-order valence-electron chi connectivity index (χ3n) is 3.46. The summed E-state index contributed by atoms with van der Waals surface area (Å²) in [6.45, 7) is 8.56. The predicted molar refractivity (Wildman–Crippen MR) is 89.8 cm³/mol. The highest BCUT2D eigenvalue weighted by atomic mass is 32.2. The molecule has 0 heterocycles. The lowest BCUT2D eigenvalue weighted by Gasteiger charge is -2.30. The number of unbranched alkanes of at least 4 members (excludes halogenated alkanes) is 2. The molecule has 0 aromatic heterocycles. The summed E-state index contributed by atoms with van der Waals surface area (Å²) >= 11 is 0. The fourth-order valence-corrected chi connectivity index (χ4v) is 2.82. The first kappa shape index (κ1) is 23.4. The molecule has 24 heavy (non-hydrogen) atoms. The Morgan fingerprint density at radius 3 is 2.08 bits per heavy atom. The molecule has 1 N–H and O–H groups in total. The third-order valence-corrected chi connectivity index (χ3v) is 5.04. The van der Waals surface area contributed by atoms with Crippen LogP contribution in [0.2, 0.25) is 0 Å². The van der Waals surface area contributed by atoms with E-state index in [9.17, 15) is 22.2 Å². The number of hydrogen-bond acceptors (Lipinski definition) is 3. The van der Waals surface area contributed by atoms with Gasteiger partial charge in [-0.05, 0) is 33.6 Å². The Morgan fingerprint density at radius 2 is 1.67 bits per heavy atom. The van der Waals surface area contributed by atoms with Crippen molar-refractivity contribution in [1.29, 1.82) is 0 Å². The fourth-order valence-electron chi connectivity index (χ4n) is 1.94. The summed E-state index contributed by atoms with van der Waals surface area (Å²) in [5, 5.41) is 0. The van der Waals surface area contributed by atoms with Crippen molar-refractivity contribution < 1.29 is 26.9 Å². The van der Waals surface area contributed by atoms with Gasteiger partial charge in [0.2, 0.25) is 0 Å². The van der Waals surface area contributed by atoms with E-state index in [1.807, 2.05) is 13.8 Å². The lowest BCUT2D eigenvalue weighted by atomic mass is 9.94. The Kier molecular flexibility index (Phi) is 10.1. The van der Waals surface area contributed by atoms with Gasteiger partial charge in [0.25, 0.3) is 0 Å². The van der Waals surface area contributed by atoms with Gasteiger partial charge in [0, 0.05) is 0 Å². The molecular formula is C16H30F3NO3S. The zero-order valence-corrected chi connectivity index (χ0v) is 16.0. The first-order valence-electron chi connectivity index (χ1n) is 8.36. The molecule has 0 saturated heterocycles. The first-order valence-corrected chi connectivity index (χ1v) is 9.51. The van der Waals surface area contributed by atoms with Gasteiger partial charge < -0.3 is 4.74 Å². The standard InChI is InChI=1S/C16H30F3NO3S/c1-6-8-10-12(14(21)23-11-9-7-2)13(16(17,18)19)20-24(22)15(3,4)5/h12-13,20H,6-11H2,1-5H3/t12-,13-,24-/m1/s1. The lowest BCUT2D eigenvalue weighted by Crippen LogP contribution is -2.53. The van der Waals surface area contributed by atoms with Crippen LogP contribution in [0.1, 0.15) is 66.7 Å². The van der Waals surface area contributed by atoms with Crippen molar-refractivity contribution in [2.45, 2.75) is 83.7 Å². The Labute approximate surface area is 145 Å². The van der Waals surface area contributed by atoms with Crippen molar-refractivity contribution >= 4 is 17.0 Å². The molecule has 0 aliphatic carbocycles. The molecule has 4 nitrogen and oxygen atoms in total. The van der Waals surface area contributed by atoms with E-state index in [2.05, 4.69) is 4.72 Å². The quantitative estimate of drug-likeness (QED) is 0.463. The van der Waals surface area contributed by atoms with E-state index in [0.717, 1.165) is 6.42 Å². The number of carbonyl (C=O) groups is 1. The number of hydrogen-bond donors (Lipinski definition) is 1. The second kappa shape index (κ2) is 10.4. The van der Waals surface area contributed by atoms with E-state index in [1.54, 1.807) is 20.8 Å². The van der Waals surface area contributed by atoms with Crippen LogP contribution in [0.5, 0.6) is 0 Å². The smallest absolute Gasteiger partial charge is 0.405 e. The first-order chi connectivity index (χ1) is 10.9. The summed E-state index contributed by atoms with van der Waals surface area (Å²) in [4.78, 5) is 12.2. The molecule has 0 saturated carbocycles. The topological polar surface area (TPSA) is 55.4 Å². The molecule has 0 unspecified atom stereocenters. The van der Waals surface area contributed by atoms with Crippen molar-refractivity contribution in [1.82, 2.24) is 4.72 Å². The van der Waals surface area contributed by atoms with Crippen molar-refractivity contribution in [3.63, 3.8) is 0 Å². The fraction of sp³-hybridized carbons (Fsp3) is 0.938. The second-order valence-electron chi connectivity index (χ2n) is 6.79. The Bertz CT molecular complexity index is 408. The molecule has 0 aromatic rings. The maximum Gasteiger partial charge on any atom is 0.405 e. The van der Waals surface area contributed by atoms with Crippen LogP contribution in [-0.2, 0) is 20.5 Å². The summed E-state index contributed by atoms with van der Waals surface area (Å²) in [6, 6.07) is -2.18. The van der Waals surface area contributed by atoms with Crippen LogP contribution in [0.3, 0.4) is 0 Å². The Balaban J connectivity index is 5.34. The van der Waals surface area contributed by atoms with Gasteiger partial charge in [-0.25, -0.2) is 8.93 Å². The minimum Gasteiger partial charge on any atom is -0.465 e. The van der Waals surface area contributed by atoms with Crippen LogP contribution in [0, 0.1) is 5.92 Å². The van der Waals surface area contributed by atoms with Gasteiger partial charge in [-0.3, -0.25) is 4.79 Å². The number of carbonyl (C=O) groups excluding carboxylic acids is 1. The highest BCUT2D eigenvalue weighted by molar-refractivity contribution is 7.84. The third kappa shape index (κ3) is 8.46.